The summed E-state index contributed by atoms with van der Waals surface area (Å²) in [6.45, 7) is 0.556. The van der Waals surface area contributed by atoms with Gasteiger partial charge in [0.2, 0.25) is 0 Å². The first-order valence-electron chi connectivity index (χ1n) is 12.0. The van der Waals surface area contributed by atoms with Crippen LogP contribution in [0.3, 0.4) is 0 Å². The number of ether oxygens (including phenoxy) is 2. The summed E-state index contributed by atoms with van der Waals surface area (Å²) in [5.74, 6) is -1.38. The van der Waals surface area contributed by atoms with Crippen molar-refractivity contribution in [1.29, 1.82) is 0 Å². The first kappa shape index (κ1) is 27.6. The van der Waals surface area contributed by atoms with Crippen LogP contribution >= 0.6 is 0 Å². The molecule has 5 N–H and O–H groups in total. The molecule has 0 aliphatic heterocycles. The Balaban J connectivity index is 1.62. The van der Waals surface area contributed by atoms with E-state index in [2.05, 4.69) is 15.6 Å². The van der Waals surface area contributed by atoms with E-state index < -0.39 is 11.9 Å². The van der Waals surface area contributed by atoms with Gasteiger partial charge in [-0.05, 0) is 43.7 Å². The number of amides is 2. The zero-order chi connectivity index (χ0) is 26.9. The predicted octanol–water partition coefficient (Wildman–Crippen LogP) is 2.05. The van der Waals surface area contributed by atoms with Crippen molar-refractivity contribution >= 4 is 23.6 Å². The maximum atomic E-state index is 13.1. The Hall–Kier alpha value is -3.99. The first-order valence-corrected chi connectivity index (χ1v) is 12.0. The molecule has 2 amide bonds. The molecule has 1 aliphatic carbocycles. The van der Waals surface area contributed by atoms with Crippen molar-refractivity contribution in [3.63, 3.8) is 0 Å². The molecule has 11 nitrogen and oxygen atoms in total. The molecule has 0 bridgehead atoms. The minimum absolute atomic E-state index is 0.0220. The number of carboxylic acids is 1. The topological polar surface area (TPSA) is 170 Å². The highest BCUT2D eigenvalue weighted by atomic mass is 16.5. The van der Waals surface area contributed by atoms with Crippen LogP contribution in [-0.2, 0) is 0 Å². The Bertz CT molecular complexity index is 1160. The normalized spacial score (nSPS) is 16.9. The molecule has 2 aromatic rings. The van der Waals surface area contributed by atoms with Crippen molar-refractivity contribution in [2.24, 2.45) is 11.7 Å². The number of aromatic nitrogens is 1. The second-order valence-corrected chi connectivity index (χ2v) is 8.88. The molecule has 1 aromatic heterocycles. The number of carbonyl (C=O) groups excluding carboxylic acids is 3. The highest BCUT2D eigenvalue weighted by Gasteiger charge is 2.27. The summed E-state index contributed by atoms with van der Waals surface area (Å²) < 4.78 is 10.7. The van der Waals surface area contributed by atoms with Crippen LogP contribution in [0, 0.1) is 5.92 Å². The number of nitrogens with zero attached hydrogens (tertiary/aromatic N) is 1. The van der Waals surface area contributed by atoms with Crippen LogP contribution in [-0.4, -0.2) is 67.0 Å². The number of benzene rings is 1. The van der Waals surface area contributed by atoms with E-state index in [0.717, 1.165) is 12.8 Å². The second kappa shape index (κ2) is 12.8. The van der Waals surface area contributed by atoms with E-state index in [0.29, 0.717) is 19.3 Å². The molecule has 1 aliphatic rings. The number of hydrogen-bond acceptors (Lipinski definition) is 8. The van der Waals surface area contributed by atoms with Gasteiger partial charge in [-0.1, -0.05) is 0 Å². The Morgan fingerprint density at radius 2 is 1.57 bits per heavy atom. The van der Waals surface area contributed by atoms with Gasteiger partial charge in [0.05, 0.1) is 30.9 Å². The van der Waals surface area contributed by atoms with Crippen LogP contribution < -0.4 is 25.8 Å². The fraction of sp³-hybridized carbons (Fsp3) is 0.423. The van der Waals surface area contributed by atoms with Gasteiger partial charge in [0, 0.05) is 49.6 Å². The lowest BCUT2D eigenvalue weighted by molar-refractivity contribution is 0.0695. The highest BCUT2D eigenvalue weighted by Crippen LogP contribution is 2.31. The minimum Gasteiger partial charge on any atom is -0.496 e. The zero-order valence-electron chi connectivity index (χ0n) is 20.9. The summed E-state index contributed by atoms with van der Waals surface area (Å²) in [4.78, 5) is 53.3. The molecular weight excluding hydrogens is 480 g/mol. The van der Waals surface area contributed by atoms with E-state index in [4.69, 9.17) is 20.3 Å². The van der Waals surface area contributed by atoms with Crippen molar-refractivity contribution in [2.45, 2.75) is 38.1 Å². The Labute approximate surface area is 214 Å². The molecule has 198 valence electrons. The van der Waals surface area contributed by atoms with Crippen LogP contribution in [0.1, 0.15) is 73.5 Å². The van der Waals surface area contributed by atoms with Gasteiger partial charge in [-0.15, -0.1) is 0 Å². The number of carboxylic acid groups (broad SMARTS) is 1. The number of Topliss-reactive ketones (excluding diaryl/α,β-unsaturated/α-hetero) is 1. The van der Waals surface area contributed by atoms with E-state index in [9.17, 15) is 19.2 Å². The molecule has 0 radical (unpaired) electrons. The number of carbonyl (C=O) groups is 4. The molecule has 0 unspecified atom stereocenters. The lowest BCUT2D eigenvalue weighted by Gasteiger charge is -2.29. The Kier molecular flexibility index (Phi) is 9.56. The van der Waals surface area contributed by atoms with E-state index in [1.165, 1.54) is 44.8 Å². The van der Waals surface area contributed by atoms with Crippen molar-refractivity contribution in [3.8, 4) is 11.5 Å². The molecule has 37 heavy (non-hydrogen) atoms. The zero-order valence-corrected chi connectivity index (χ0v) is 20.9. The summed E-state index contributed by atoms with van der Waals surface area (Å²) in [6.07, 6.45) is 5.70. The third-order valence-corrected chi connectivity index (χ3v) is 6.40. The lowest BCUT2D eigenvalue weighted by atomic mass is 9.82. The number of aromatic carboxylic acids is 1. The second-order valence-electron chi connectivity index (χ2n) is 8.88. The van der Waals surface area contributed by atoms with E-state index in [1.807, 2.05) is 0 Å². The summed E-state index contributed by atoms with van der Waals surface area (Å²) in [7, 11) is 2.86. The van der Waals surface area contributed by atoms with Crippen molar-refractivity contribution in [3.05, 3.63) is 52.8 Å². The smallest absolute Gasteiger partial charge is 0.337 e. The molecule has 1 aromatic carbocycles. The standard InChI is InChI=1S/C26H32N4O7/c1-36-22-12-23(37-2)20(11-19(22)24(32)29-8-7-27)25(33)30-18-5-3-15(4-6-18)9-21(31)16-10-17(26(34)35)14-28-13-16/h10-15,18H,3-9,27H2,1-2H3,(H,29,32)(H,30,33)(H,34,35). The number of nitrogens with one attached hydrogen (secondary N) is 2. The Morgan fingerprint density at radius 1 is 0.946 bits per heavy atom. The SMILES string of the molecule is COc1cc(OC)c(C(=O)NC2CCC(CC(=O)c3cncc(C(=O)O)c3)CC2)cc1C(=O)NCCN. The predicted molar refractivity (Wildman–Crippen MR) is 134 cm³/mol. The maximum absolute atomic E-state index is 13.1. The molecule has 0 spiro atoms. The Morgan fingerprint density at radius 3 is 2.16 bits per heavy atom. The van der Waals surface area contributed by atoms with Crippen molar-refractivity contribution in [1.82, 2.24) is 15.6 Å². The molecule has 0 atom stereocenters. The van der Waals surface area contributed by atoms with Gasteiger partial charge >= 0.3 is 5.97 Å². The van der Waals surface area contributed by atoms with Crippen molar-refractivity contribution < 1.29 is 33.8 Å². The first-order chi connectivity index (χ1) is 17.8. The summed E-state index contributed by atoms with van der Waals surface area (Å²) in [5.41, 5.74) is 6.14. The summed E-state index contributed by atoms with van der Waals surface area (Å²) in [5, 5.41) is 14.8. The average molecular weight is 513 g/mol. The summed E-state index contributed by atoms with van der Waals surface area (Å²) >= 11 is 0. The number of pyridine rings is 1. The molecule has 1 heterocycles. The third kappa shape index (κ3) is 7.04. The molecule has 1 saturated carbocycles. The molecular formula is C26H32N4O7. The fourth-order valence-corrected chi connectivity index (χ4v) is 4.40. The van der Waals surface area contributed by atoms with E-state index in [-0.39, 0.29) is 70.5 Å². The van der Waals surface area contributed by atoms with Gasteiger partial charge in [-0.2, -0.15) is 0 Å². The van der Waals surface area contributed by atoms with Gasteiger partial charge < -0.3 is 30.9 Å². The van der Waals surface area contributed by atoms with Crippen LogP contribution in [0.4, 0.5) is 0 Å². The summed E-state index contributed by atoms with van der Waals surface area (Å²) in [6, 6.07) is 4.19. The van der Waals surface area contributed by atoms with E-state index in [1.54, 1.807) is 0 Å². The number of methoxy groups -OCH3 is 2. The monoisotopic (exact) mass is 512 g/mol. The quantitative estimate of drug-likeness (QED) is 0.329. The molecule has 0 saturated heterocycles. The largest absolute Gasteiger partial charge is 0.496 e. The van der Waals surface area contributed by atoms with Crippen LogP contribution in [0.15, 0.2) is 30.6 Å². The van der Waals surface area contributed by atoms with Crippen LogP contribution in [0.2, 0.25) is 0 Å². The van der Waals surface area contributed by atoms with E-state index >= 15 is 0 Å². The van der Waals surface area contributed by atoms with Gasteiger partial charge in [0.1, 0.15) is 11.5 Å². The number of nitrogens with two attached hydrogens (primary N) is 1. The van der Waals surface area contributed by atoms with Gasteiger partial charge in [-0.25, -0.2) is 4.79 Å². The molecule has 3 rings (SSSR count). The third-order valence-electron chi connectivity index (χ3n) is 6.40. The number of hydrogen-bond donors (Lipinski definition) is 4. The minimum atomic E-state index is -1.13. The van der Waals surface area contributed by atoms with Gasteiger partial charge in [0.25, 0.3) is 11.8 Å². The van der Waals surface area contributed by atoms with Crippen LogP contribution in [0.25, 0.3) is 0 Å². The lowest BCUT2D eigenvalue weighted by Crippen LogP contribution is -2.38. The number of ketones is 1. The van der Waals surface area contributed by atoms with Gasteiger partial charge in [-0.3, -0.25) is 19.4 Å². The maximum Gasteiger partial charge on any atom is 0.337 e. The van der Waals surface area contributed by atoms with Gasteiger partial charge in [0.15, 0.2) is 5.78 Å². The van der Waals surface area contributed by atoms with Crippen molar-refractivity contribution in [2.75, 3.05) is 27.3 Å². The molecule has 1 fully saturated rings. The average Bonchev–Trinajstić information content (AvgIpc) is 2.91. The number of rotatable bonds is 11. The molecule has 11 heteroatoms. The van der Waals surface area contributed by atoms with Crippen LogP contribution in [0.5, 0.6) is 11.5 Å². The highest BCUT2D eigenvalue weighted by molar-refractivity contribution is 6.03. The fourth-order valence-electron chi connectivity index (χ4n) is 4.40.